The van der Waals surface area contributed by atoms with Crippen LogP contribution in [0.4, 0.5) is 0 Å². The summed E-state index contributed by atoms with van der Waals surface area (Å²) in [5, 5.41) is 50.4. The van der Waals surface area contributed by atoms with Crippen molar-refractivity contribution in [3.63, 3.8) is 0 Å². The highest BCUT2D eigenvalue weighted by atomic mass is 31.2. The Labute approximate surface area is 425 Å². The third-order valence-electron chi connectivity index (χ3n) is 12.6. The third-order valence-corrected chi connectivity index (χ3v) is 13.5. The van der Waals surface area contributed by atoms with E-state index < -0.39 is 63.1 Å². The van der Waals surface area contributed by atoms with Gasteiger partial charge in [-0.25, -0.2) is 4.57 Å². The maximum absolute atomic E-state index is 12.9. The number of phosphoric ester groups is 1. The Morgan fingerprint density at radius 3 is 1.21 bits per heavy atom. The van der Waals surface area contributed by atoms with Crippen molar-refractivity contribution < 1.29 is 58.3 Å². The van der Waals surface area contributed by atoms with Crippen molar-refractivity contribution in [1.82, 2.24) is 0 Å². The summed E-state index contributed by atoms with van der Waals surface area (Å²) in [6.07, 6.45) is 49.6. The minimum Gasteiger partial charge on any atom is -0.457 e. The molecular formula is C57H101O12P. The van der Waals surface area contributed by atoms with Crippen LogP contribution in [0, 0.1) is 0 Å². The van der Waals surface area contributed by atoms with Crippen LogP contribution in [0.2, 0.25) is 0 Å². The molecule has 13 heteroatoms. The van der Waals surface area contributed by atoms with E-state index in [4.69, 9.17) is 18.5 Å². The highest BCUT2D eigenvalue weighted by Gasteiger charge is 2.51. The molecule has 406 valence electrons. The number of aliphatic hydroxyl groups is 5. The van der Waals surface area contributed by atoms with Crippen LogP contribution in [0.3, 0.4) is 0 Å². The summed E-state index contributed by atoms with van der Waals surface area (Å²) in [6.45, 7) is 4.22. The van der Waals surface area contributed by atoms with Crippen LogP contribution in [0.5, 0.6) is 0 Å². The van der Waals surface area contributed by atoms with E-state index in [9.17, 15) is 39.8 Å². The largest absolute Gasteiger partial charge is 0.472 e. The average Bonchev–Trinajstić information content (AvgIpc) is 3.35. The molecule has 0 heterocycles. The van der Waals surface area contributed by atoms with Crippen molar-refractivity contribution in [2.45, 2.75) is 262 Å². The Hall–Kier alpha value is -2.22. The fourth-order valence-electron chi connectivity index (χ4n) is 8.13. The molecule has 0 bridgehead atoms. The van der Waals surface area contributed by atoms with Gasteiger partial charge in [0.15, 0.2) is 0 Å². The number of carbonyl (C=O) groups excluding carboxylic acids is 1. The van der Waals surface area contributed by atoms with Crippen LogP contribution in [-0.2, 0) is 27.9 Å². The number of unbranched alkanes of at least 4 members (excludes halogenated alkanes) is 23. The summed E-state index contributed by atoms with van der Waals surface area (Å²) in [4.78, 5) is 23.3. The normalized spacial score (nSPS) is 21.4. The van der Waals surface area contributed by atoms with E-state index in [1.807, 2.05) is 0 Å². The van der Waals surface area contributed by atoms with Gasteiger partial charge in [-0.1, -0.05) is 196 Å². The first kappa shape index (κ1) is 65.8. The summed E-state index contributed by atoms with van der Waals surface area (Å²) in [6, 6.07) is 0. The van der Waals surface area contributed by atoms with Crippen LogP contribution >= 0.6 is 7.82 Å². The molecule has 0 aromatic carbocycles. The highest BCUT2D eigenvalue weighted by Crippen LogP contribution is 2.47. The molecule has 0 aromatic rings. The minimum absolute atomic E-state index is 0.0922. The fourth-order valence-corrected chi connectivity index (χ4v) is 9.11. The molecule has 0 saturated heterocycles. The van der Waals surface area contributed by atoms with Crippen molar-refractivity contribution in [2.75, 3.05) is 19.8 Å². The number of rotatable bonds is 47. The lowest BCUT2D eigenvalue weighted by molar-refractivity contribution is -0.220. The van der Waals surface area contributed by atoms with Crippen molar-refractivity contribution in [3.05, 3.63) is 72.9 Å². The molecule has 1 fully saturated rings. The predicted octanol–water partition coefficient (Wildman–Crippen LogP) is 13.1. The van der Waals surface area contributed by atoms with Gasteiger partial charge < -0.3 is 39.9 Å². The lowest BCUT2D eigenvalue weighted by atomic mass is 9.85. The zero-order valence-corrected chi connectivity index (χ0v) is 44.7. The molecule has 12 nitrogen and oxygen atoms in total. The van der Waals surface area contributed by atoms with Gasteiger partial charge in [0, 0.05) is 13.0 Å². The van der Waals surface area contributed by atoms with E-state index in [-0.39, 0.29) is 13.0 Å². The molecule has 0 aliphatic heterocycles. The maximum atomic E-state index is 12.9. The standard InChI is InChI=1S/C57H101O12P/c1-3-5-7-9-11-13-15-17-19-21-23-25-27-29-31-33-35-37-39-41-43-45-47-66-48-50(49-67-70(64,65)69-57-55(62)53(60)52(59)54(61)56(57)63)68-51(58)46-44-42-40-38-36-34-32-30-28-26-24-22-20-18-16-14-12-10-8-6-4-2/h15-18,21-24,27-30,50,52-57,59-63H,3-14,19-20,25-26,31-49H2,1-2H3,(H,64,65)/b17-15-,18-16-,23-21-,24-22-,29-27-,30-28-. The molecule has 0 amide bonds. The smallest absolute Gasteiger partial charge is 0.457 e. The molecular weight excluding hydrogens is 908 g/mol. The summed E-state index contributed by atoms with van der Waals surface area (Å²) < 4.78 is 34.4. The Bertz CT molecular complexity index is 1430. The van der Waals surface area contributed by atoms with Crippen molar-refractivity contribution in [2.24, 2.45) is 0 Å². The Morgan fingerprint density at radius 1 is 0.457 bits per heavy atom. The average molecular weight is 1010 g/mol. The van der Waals surface area contributed by atoms with E-state index in [0.29, 0.717) is 13.0 Å². The van der Waals surface area contributed by atoms with Gasteiger partial charge in [-0.05, 0) is 89.9 Å². The summed E-state index contributed by atoms with van der Waals surface area (Å²) in [7, 11) is -5.04. The number of aliphatic hydroxyl groups excluding tert-OH is 5. The van der Waals surface area contributed by atoms with Crippen molar-refractivity contribution in [1.29, 1.82) is 0 Å². The van der Waals surface area contributed by atoms with E-state index in [0.717, 1.165) is 96.3 Å². The van der Waals surface area contributed by atoms with E-state index in [1.54, 1.807) is 0 Å². The second kappa shape index (κ2) is 46.6. The van der Waals surface area contributed by atoms with Gasteiger partial charge in [0.1, 0.15) is 42.7 Å². The number of ether oxygens (including phenoxy) is 2. The molecule has 1 rings (SSSR count). The summed E-state index contributed by atoms with van der Waals surface area (Å²) in [5.41, 5.74) is 0. The van der Waals surface area contributed by atoms with Crippen LogP contribution in [0.15, 0.2) is 72.9 Å². The van der Waals surface area contributed by atoms with E-state index in [2.05, 4.69) is 86.8 Å². The van der Waals surface area contributed by atoms with Crippen LogP contribution in [-0.4, -0.2) is 98.9 Å². The first-order valence-electron chi connectivity index (χ1n) is 27.8. The Balaban J connectivity index is 2.34. The fraction of sp³-hybridized carbons (Fsp3) is 0.772. The quantitative estimate of drug-likeness (QED) is 0.0147. The molecule has 6 atom stereocenters. The zero-order chi connectivity index (χ0) is 51.2. The topological polar surface area (TPSA) is 192 Å². The number of carbonyl (C=O) groups is 1. The molecule has 1 aliphatic carbocycles. The number of hydrogen-bond acceptors (Lipinski definition) is 11. The van der Waals surface area contributed by atoms with Gasteiger partial charge in [-0.3, -0.25) is 13.8 Å². The van der Waals surface area contributed by atoms with E-state index in [1.165, 1.54) is 96.3 Å². The van der Waals surface area contributed by atoms with Crippen LogP contribution in [0.1, 0.15) is 219 Å². The van der Waals surface area contributed by atoms with Crippen molar-refractivity contribution >= 4 is 13.8 Å². The Kier molecular flexibility index (Phi) is 43.8. The van der Waals surface area contributed by atoms with Crippen LogP contribution < -0.4 is 0 Å². The summed E-state index contributed by atoms with van der Waals surface area (Å²) in [5.74, 6) is -0.494. The van der Waals surface area contributed by atoms with Crippen LogP contribution in [0.25, 0.3) is 0 Å². The highest BCUT2D eigenvalue weighted by molar-refractivity contribution is 7.47. The van der Waals surface area contributed by atoms with Gasteiger partial charge in [-0.15, -0.1) is 0 Å². The van der Waals surface area contributed by atoms with Crippen molar-refractivity contribution in [3.8, 4) is 0 Å². The van der Waals surface area contributed by atoms with Gasteiger partial charge >= 0.3 is 13.8 Å². The molecule has 70 heavy (non-hydrogen) atoms. The second-order valence-electron chi connectivity index (χ2n) is 19.1. The first-order valence-corrected chi connectivity index (χ1v) is 29.3. The van der Waals surface area contributed by atoms with Gasteiger partial charge in [-0.2, -0.15) is 0 Å². The molecule has 6 unspecified atom stereocenters. The first-order chi connectivity index (χ1) is 34.0. The Morgan fingerprint density at radius 2 is 0.800 bits per heavy atom. The minimum atomic E-state index is -5.04. The molecule has 6 N–H and O–H groups in total. The SMILES string of the molecule is CCCCCCC/C=C\C/C=C\C/C=C\CCCCCCCCCOCC(COP(=O)(O)OC1C(O)C(O)C(O)C(O)C1O)OC(=O)CCCCCCCC/C=C\C/C=C\C/C=C\CCCCCCC. The lowest BCUT2D eigenvalue weighted by Gasteiger charge is -2.41. The number of esters is 1. The number of phosphoric acid groups is 1. The van der Waals surface area contributed by atoms with E-state index >= 15 is 0 Å². The van der Waals surface area contributed by atoms with Gasteiger partial charge in [0.2, 0.25) is 0 Å². The number of allylic oxidation sites excluding steroid dienone is 12. The molecule has 1 aliphatic rings. The molecule has 1 saturated carbocycles. The summed E-state index contributed by atoms with van der Waals surface area (Å²) >= 11 is 0. The number of hydrogen-bond donors (Lipinski definition) is 6. The second-order valence-corrected chi connectivity index (χ2v) is 20.5. The lowest BCUT2D eigenvalue weighted by Crippen LogP contribution is -2.64. The predicted molar refractivity (Wildman–Crippen MR) is 285 cm³/mol. The zero-order valence-electron chi connectivity index (χ0n) is 43.8. The van der Waals surface area contributed by atoms with Gasteiger partial charge in [0.05, 0.1) is 13.2 Å². The third kappa shape index (κ3) is 37.5. The maximum Gasteiger partial charge on any atom is 0.472 e. The molecule has 0 aromatic heterocycles. The monoisotopic (exact) mass is 1010 g/mol. The molecule has 0 radical (unpaired) electrons. The van der Waals surface area contributed by atoms with Gasteiger partial charge in [0.25, 0.3) is 0 Å². The molecule has 0 spiro atoms.